The minimum absolute atomic E-state index is 0.0326. The van der Waals surface area contributed by atoms with Crippen molar-refractivity contribution in [3.05, 3.63) is 73.3 Å². The molecule has 0 saturated heterocycles. The summed E-state index contributed by atoms with van der Waals surface area (Å²) in [6.07, 6.45) is 0.699. The maximum absolute atomic E-state index is 14.3. The molecule has 0 aliphatic carbocycles. The molecule has 11 heteroatoms. The van der Waals surface area contributed by atoms with Crippen LogP contribution in [0.5, 0.6) is 11.5 Å². The van der Waals surface area contributed by atoms with Crippen molar-refractivity contribution >= 4 is 25.6 Å². The number of carbonyl (C=O) groups excluding carboxylic acids is 3. The Kier molecular flexibility index (Phi) is 11.6. The van der Waals surface area contributed by atoms with Gasteiger partial charge < -0.3 is 29.2 Å². The second kappa shape index (κ2) is 14.4. The molecule has 10 nitrogen and oxygen atoms in total. The Bertz CT molecular complexity index is 1100. The summed E-state index contributed by atoms with van der Waals surface area (Å²) in [6.45, 7) is 12.1. The van der Waals surface area contributed by atoms with Gasteiger partial charge in [0.2, 0.25) is 5.91 Å². The molecule has 0 aromatic heterocycles. The number of hydrogen-bond acceptors (Lipinski definition) is 8. The van der Waals surface area contributed by atoms with Crippen molar-refractivity contribution < 1.29 is 37.5 Å². The molecule has 0 saturated carbocycles. The van der Waals surface area contributed by atoms with Crippen LogP contribution in [0.15, 0.2) is 73.3 Å². The number of hydrogen-bond donors (Lipinski definition) is 2. The zero-order chi connectivity index (χ0) is 29.1. The monoisotopic (exact) mass is 560 g/mol. The molecular weight excluding hydrogens is 523 g/mol. The van der Waals surface area contributed by atoms with Gasteiger partial charge in [-0.1, -0.05) is 62.9 Å². The molecule has 0 heterocycles. The van der Waals surface area contributed by atoms with E-state index in [9.17, 15) is 18.9 Å². The van der Waals surface area contributed by atoms with Gasteiger partial charge in [-0.05, 0) is 57.4 Å². The number of amides is 2. The van der Waals surface area contributed by atoms with E-state index in [1.807, 2.05) is 13.8 Å². The van der Waals surface area contributed by atoms with Crippen LogP contribution in [0.1, 0.15) is 41.0 Å². The average molecular weight is 561 g/mol. The Morgan fingerprint density at radius 1 is 0.923 bits per heavy atom. The summed E-state index contributed by atoms with van der Waals surface area (Å²) < 4.78 is 36.3. The Labute approximate surface area is 229 Å². The molecule has 0 aliphatic heterocycles. The van der Waals surface area contributed by atoms with Gasteiger partial charge in [-0.15, -0.1) is 0 Å². The topological polar surface area (TPSA) is 129 Å². The lowest BCUT2D eigenvalue weighted by atomic mass is 10.0. The van der Waals surface area contributed by atoms with E-state index in [1.165, 1.54) is 30.3 Å². The maximum atomic E-state index is 14.3. The van der Waals surface area contributed by atoms with Crippen molar-refractivity contribution in [1.29, 1.82) is 0 Å². The van der Waals surface area contributed by atoms with Crippen LogP contribution in [-0.2, 0) is 23.6 Å². The lowest BCUT2D eigenvalue weighted by Gasteiger charge is -2.29. The predicted molar refractivity (Wildman–Crippen MR) is 147 cm³/mol. The van der Waals surface area contributed by atoms with Crippen LogP contribution in [0.4, 0.5) is 4.79 Å². The highest BCUT2D eigenvalue weighted by Crippen LogP contribution is 2.52. The fourth-order valence-corrected chi connectivity index (χ4v) is 4.95. The van der Waals surface area contributed by atoms with E-state index in [2.05, 4.69) is 17.2 Å². The first-order valence-electron chi connectivity index (χ1n) is 12.5. The molecular formula is C28H37N2O8P. The number of esters is 1. The molecule has 2 aromatic rings. The van der Waals surface area contributed by atoms with Gasteiger partial charge >= 0.3 is 19.7 Å². The number of alkyl carbamates (subject to hydrolysis) is 1. The van der Waals surface area contributed by atoms with Crippen molar-refractivity contribution in [3.63, 3.8) is 0 Å². The molecule has 2 rings (SSSR count). The van der Waals surface area contributed by atoms with Gasteiger partial charge in [-0.3, -0.25) is 4.79 Å². The lowest BCUT2D eigenvalue weighted by Crippen LogP contribution is -2.53. The fourth-order valence-electron chi connectivity index (χ4n) is 3.26. The number of carbonyl (C=O) groups is 3. The highest BCUT2D eigenvalue weighted by Gasteiger charge is 2.48. The van der Waals surface area contributed by atoms with Gasteiger partial charge in [-0.25, -0.2) is 14.2 Å². The van der Waals surface area contributed by atoms with Crippen LogP contribution in [0.25, 0.3) is 0 Å². The van der Waals surface area contributed by atoms with Crippen LogP contribution < -0.4 is 19.7 Å². The number of nitrogens with one attached hydrogen (secondary N) is 2. The molecule has 2 amide bonds. The van der Waals surface area contributed by atoms with E-state index in [1.54, 1.807) is 57.2 Å². The SMILES string of the molecule is C=CCOC(=O)C(NC(=O)[C@H](CC(C)C)NC(=O)OC(C)(C)C)P(=O)(Oc1ccccc1)Oc1ccccc1. The van der Waals surface area contributed by atoms with Crippen molar-refractivity contribution in [1.82, 2.24) is 10.6 Å². The average Bonchev–Trinajstić information content (AvgIpc) is 2.85. The molecule has 0 fully saturated rings. The van der Waals surface area contributed by atoms with Gasteiger partial charge in [0.15, 0.2) is 0 Å². The zero-order valence-electron chi connectivity index (χ0n) is 22.9. The molecule has 0 bridgehead atoms. The minimum atomic E-state index is -4.55. The summed E-state index contributed by atoms with van der Waals surface area (Å²) in [4.78, 5) is 39.1. The van der Waals surface area contributed by atoms with Gasteiger partial charge in [0.1, 0.15) is 29.7 Å². The number of rotatable bonds is 13. The molecule has 0 aliphatic rings. The summed E-state index contributed by atoms with van der Waals surface area (Å²) in [5.74, 6) is -3.52. The van der Waals surface area contributed by atoms with Crippen LogP contribution >= 0.6 is 7.60 Å². The first-order chi connectivity index (χ1) is 18.3. The standard InChI is InChI=1S/C28H37N2O8P/c1-7-18-35-26(32)25(30-24(31)23(19-20(2)3)29-27(33)36-28(4,5)6)39(34,37-21-14-10-8-11-15-21)38-22-16-12-9-13-17-22/h7-17,20,23,25H,1,18-19H2,2-6H3,(H,29,33)(H,30,31)/t23-,25?/m0/s1. The molecule has 39 heavy (non-hydrogen) atoms. The van der Waals surface area contributed by atoms with Crippen LogP contribution in [0, 0.1) is 5.92 Å². The van der Waals surface area contributed by atoms with Crippen molar-refractivity contribution in [2.45, 2.75) is 58.5 Å². The largest absolute Gasteiger partial charge is 0.464 e. The van der Waals surface area contributed by atoms with E-state index >= 15 is 0 Å². The first kappa shape index (κ1) is 31.4. The highest BCUT2D eigenvalue weighted by atomic mass is 31.2. The zero-order valence-corrected chi connectivity index (χ0v) is 23.8. The number of para-hydroxylation sites is 2. The Morgan fingerprint density at radius 2 is 1.44 bits per heavy atom. The Hall–Kier alpha value is -3.78. The third-order valence-corrected chi connectivity index (χ3v) is 6.73. The van der Waals surface area contributed by atoms with Gasteiger partial charge in [0.05, 0.1) is 0 Å². The second-order valence-corrected chi connectivity index (χ2v) is 12.0. The number of benzene rings is 2. The third kappa shape index (κ3) is 10.9. The van der Waals surface area contributed by atoms with Gasteiger partial charge in [0.25, 0.3) is 5.78 Å². The van der Waals surface area contributed by atoms with E-state index < -0.39 is 43.0 Å². The summed E-state index contributed by atoms with van der Waals surface area (Å²) in [7, 11) is -4.55. The third-order valence-electron chi connectivity index (χ3n) is 4.83. The van der Waals surface area contributed by atoms with Crippen LogP contribution in [-0.4, -0.2) is 42.0 Å². The van der Waals surface area contributed by atoms with Gasteiger partial charge in [-0.2, -0.15) is 0 Å². The smallest absolute Gasteiger partial charge is 0.459 e. The summed E-state index contributed by atoms with van der Waals surface area (Å²) in [5, 5.41) is 4.98. The van der Waals surface area contributed by atoms with E-state index in [-0.39, 0.29) is 30.4 Å². The van der Waals surface area contributed by atoms with Crippen molar-refractivity contribution in [3.8, 4) is 11.5 Å². The first-order valence-corrected chi connectivity index (χ1v) is 14.1. The molecule has 2 atom stereocenters. The second-order valence-electron chi connectivity index (χ2n) is 10.0. The van der Waals surface area contributed by atoms with Gasteiger partial charge in [0, 0.05) is 0 Å². The Balaban J connectivity index is 2.47. The summed E-state index contributed by atoms with van der Waals surface area (Å²) >= 11 is 0. The predicted octanol–water partition coefficient (Wildman–Crippen LogP) is 5.45. The minimum Gasteiger partial charge on any atom is -0.459 e. The molecule has 2 N–H and O–H groups in total. The van der Waals surface area contributed by atoms with Crippen LogP contribution in [0.3, 0.4) is 0 Å². The van der Waals surface area contributed by atoms with E-state index in [0.29, 0.717) is 0 Å². The lowest BCUT2D eigenvalue weighted by molar-refractivity contribution is -0.144. The summed E-state index contributed by atoms with van der Waals surface area (Å²) in [6, 6.07) is 15.0. The van der Waals surface area contributed by atoms with E-state index in [4.69, 9.17) is 18.5 Å². The molecule has 0 radical (unpaired) electrons. The van der Waals surface area contributed by atoms with Crippen LogP contribution in [0.2, 0.25) is 0 Å². The highest BCUT2D eigenvalue weighted by molar-refractivity contribution is 7.56. The Morgan fingerprint density at radius 3 is 1.87 bits per heavy atom. The van der Waals surface area contributed by atoms with Crippen molar-refractivity contribution in [2.75, 3.05) is 6.61 Å². The molecule has 212 valence electrons. The van der Waals surface area contributed by atoms with Crippen molar-refractivity contribution in [2.24, 2.45) is 5.92 Å². The number of ether oxygens (including phenoxy) is 2. The molecule has 0 spiro atoms. The van der Waals surface area contributed by atoms with E-state index in [0.717, 1.165) is 0 Å². The summed E-state index contributed by atoms with van der Waals surface area (Å²) in [5.41, 5.74) is -0.803. The molecule has 2 aromatic carbocycles. The fraction of sp³-hybridized carbons (Fsp3) is 0.393. The normalized spacial score (nSPS) is 13.0. The molecule has 1 unspecified atom stereocenters. The maximum Gasteiger partial charge on any atom is 0.464 e. The quantitative estimate of drug-likeness (QED) is 0.188.